The molecule has 0 atom stereocenters. The average Bonchev–Trinajstić information content (AvgIpc) is 2.48. The minimum absolute atomic E-state index is 0.182. The van der Waals surface area contributed by atoms with Crippen molar-refractivity contribution in [2.45, 2.75) is 13.8 Å². The number of halogens is 1. The second kappa shape index (κ2) is 7.75. The van der Waals surface area contributed by atoms with E-state index in [-0.39, 0.29) is 12.5 Å². The number of nitrogens with one attached hydrogen (secondary N) is 2. The second-order valence-corrected chi connectivity index (χ2v) is 5.93. The van der Waals surface area contributed by atoms with Crippen LogP contribution in [0.3, 0.4) is 0 Å². The Labute approximate surface area is 138 Å². The SMILES string of the molecule is Cc1ccc(NCC(=O)NN=Cc2ccc(Br)cc2)c(C)c1. The predicted molar refractivity (Wildman–Crippen MR) is 94.3 cm³/mol. The van der Waals surface area contributed by atoms with Crippen LogP contribution in [0.5, 0.6) is 0 Å². The van der Waals surface area contributed by atoms with Crippen molar-refractivity contribution in [3.63, 3.8) is 0 Å². The van der Waals surface area contributed by atoms with Gasteiger partial charge >= 0.3 is 0 Å². The topological polar surface area (TPSA) is 53.5 Å². The van der Waals surface area contributed by atoms with Crippen LogP contribution in [0.2, 0.25) is 0 Å². The lowest BCUT2D eigenvalue weighted by atomic mass is 10.1. The fraction of sp³-hybridized carbons (Fsp3) is 0.176. The zero-order valence-electron chi connectivity index (χ0n) is 12.6. The van der Waals surface area contributed by atoms with Crippen molar-refractivity contribution in [3.05, 3.63) is 63.6 Å². The molecule has 2 rings (SSSR count). The fourth-order valence-electron chi connectivity index (χ4n) is 1.95. The van der Waals surface area contributed by atoms with Crippen molar-refractivity contribution in [2.24, 2.45) is 5.10 Å². The summed E-state index contributed by atoms with van der Waals surface area (Å²) in [6.07, 6.45) is 1.61. The van der Waals surface area contributed by atoms with E-state index in [4.69, 9.17) is 0 Å². The molecule has 0 saturated heterocycles. The van der Waals surface area contributed by atoms with Crippen LogP contribution in [0.4, 0.5) is 5.69 Å². The van der Waals surface area contributed by atoms with E-state index in [2.05, 4.69) is 37.8 Å². The molecule has 5 heteroatoms. The molecule has 0 spiro atoms. The summed E-state index contributed by atoms with van der Waals surface area (Å²) in [6.45, 7) is 4.24. The third-order valence-corrected chi connectivity index (χ3v) is 3.62. The Kier molecular flexibility index (Phi) is 5.72. The van der Waals surface area contributed by atoms with Crippen LogP contribution in [0.1, 0.15) is 16.7 Å². The number of hydrogen-bond acceptors (Lipinski definition) is 3. The molecule has 1 amide bonds. The van der Waals surface area contributed by atoms with Crippen molar-refractivity contribution in [2.75, 3.05) is 11.9 Å². The zero-order chi connectivity index (χ0) is 15.9. The molecular weight excluding hydrogens is 342 g/mol. The summed E-state index contributed by atoms with van der Waals surface area (Å²) in [7, 11) is 0. The first kappa shape index (κ1) is 16.2. The second-order valence-electron chi connectivity index (χ2n) is 5.02. The van der Waals surface area contributed by atoms with Crippen LogP contribution >= 0.6 is 15.9 Å². The van der Waals surface area contributed by atoms with Crippen LogP contribution in [0.25, 0.3) is 0 Å². The molecule has 0 unspecified atom stereocenters. The predicted octanol–water partition coefficient (Wildman–Crippen LogP) is 3.63. The third-order valence-electron chi connectivity index (χ3n) is 3.09. The molecule has 4 nitrogen and oxygen atoms in total. The summed E-state index contributed by atoms with van der Waals surface area (Å²) >= 11 is 3.37. The van der Waals surface area contributed by atoms with Crippen molar-refractivity contribution in [1.82, 2.24) is 5.43 Å². The van der Waals surface area contributed by atoms with Crippen molar-refractivity contribution >= 4 is 33.7 Å². The lowest BCUT2D eigenvalue weighted by Crippen LogP contribution is -2.26. The van der Waals surface area contributed by atoms with Gasteiger partial charge in [-0.1, -0.05) is 45.8 Å². The minimum Gasteiger partial charge on any atom is -0.376 e. The molecule has 22 heavy (non-hydrogen) atoms. The summed E-state index contributed by atoms with van der Waals surface area (Å²) in [6, 6.07) is 13.7. The smallest absolute Gasteiger partial charge is 0.259 e. The largest absolute Gasteiger partial charge is 0.376 e. The Morgan fingerprint density at radius 2 is 1.91 bits per heavy atom. The van der Waals surface area contributed by atoms with Gasteiger partial charge in [-0.25, -0.2) is 5.43 Å². The van der Waals surface area contributed by atoms with E-state index < -0.39 is 0 Å². The summed E-state index contributed by atoms with van der Waals surface area (Å²) in [4.78, 5) is 11.7. The highest BCUT2D eigenvalue weighted by atomic mass is 79.9. The van der Waals surface area contributed by atoms with E-state index in [1.165, 1.54) is 5.56 Å². The maximum atomic E-state index is 11.7. The van der Waals surface area contributed by atoms with Crippen molar-refractivity contribution < 1.29 is 4.79 Å². The van der Waals surface area contributed by atoms with Gasteiger partial charge in [-0.05, 0) is 43.2 Å². The summed E-state index contributed by atoms with van der Waals surface area (Å²) in [5.74, 6) is -0.187. The monoisotopic (exact) mass is 359 g/mol. The summed E-state index contributed by atoms with van der Waals surface area (Å²) < 4.78 is 1.01. The lowest BCUT2D eigenvalue weighted by Gasteiger charge is -2.09. The van der Waals surface area contributed by atoms with Gasteiger partial charge in [0.05, 0.1) is 12.8 Å². The van der Waals surface area contributed by atoms with E-state index in [0.29, 0.717) is 0 Å². The van der Waals surface area contributed by atoms with Gasteiger partial charge in [0, 0.05) is 10.2 Å². The standard InChI is InChI=1S/C17H18BrN3O/c1-12-3-8-16(13(2)9-12)19-11-17(22)21-20-10-14-4-6-15(18)7-5-14/h3-10,19H,11H2,1-2H3,(H,21,22). The van der Waals surface area contributed by atoms with Gasteiger partial charge in [-0.2, -0.15) is 5.10 Å². The molecule has 2 aromatic rings. The van der Waals surface area contributed by atoms with Crippen molar-refractivity contribution in [1.29, 1.82) is 0 Å². The molecule has 2 N–H and O–H groups in total. The van der Waals surface area contributed by atoms with E-state index in [0.717, 1.165) is 21.3 Å². The number of rotatable bonds is 5. The van der Waals surface area contributed by atoms with Gasteiger partial charge in [0.25, 0.3) is 5.91 Å². The van der Waals surface area contributed by atoms with E-state index in [9.17, 15) is 4.79 Å². The lowest BCUT2D eigenvalue weighted by molar-refractivity contribution is -0.119. The molecular formula is C17H18BrN3O. The number of aryl methyl sites for hydroxylation is 2. The fourth-order valence-corrected chi connectivity index (χ4v) is 2.22. The molecule has 0 radical (unpaired) electrons. The van der Waals surface area contributed by atoms with E-state index in [1.807, 2.05) is 50.2 Å². The van der Waals surface area contributed by atoms with Gasteiger partial charge < -0.3 is 5.32 Å². The molecule has 0 saturated carbocycles. The highest BCUT2D eigenvalue weighted by Gasteiger charge is 2.02. The van der Waals surface area contributed by atoms with Gasteiger partial charge in [-0.3, -0.25) is 4.79 Å². The summed E-state index contributed by atoms with van der Waals surface area (Å²) in [5, 5.41) is 7.04. The maximum absolute atomic E-state index is 11.7. The molecule has 0 fully saturated rings. The number of amides is 1. The number of hydrogen-bond donors (Lipinski definition) is 2. The van der Waals surface area contributed by atoms with Gasteiger partial charge in [0.2, 0.25) is 0 Å². The quantitative estimate of drug-likeness (QED) is 0.632. The van der Waals surface area contributed by atoms with Crippen LogP contribution in [0.15, 0.2) is 52.0 Å². The number of carbonyl (C=O) groups is 1. The minimum atomic E-state index is -0.187. The molecule has 0 aliphatic carbocycles. The molecule has 114 valence electrons. The Bertz CT molecular complexity index is 681. The molecule has 2 aromatic carbocycles. The highest BCUT2D eigenvalue weighted by molar-refractivity contribution is 9.10. The summed E-state index contributed by atoms with van der Waals surface area (Å²) in [5.41, 5.74) is 6.70. The normalized spacial score (nSPS) is 10.7. The number of hydrazone groups is 1. The van der Waals surface area contributed by atoms with E-state index >= 15 is 0 Å². The highest BCUT2D eigenvalue weighted by Crippen LogP contribution is 2.15. The zero-order valence-corrected chi connectivity index (χ0v) is 14.1. The molecule has 0 aliphatic rings. The Morgan fingerprint density at radius 1 is 1.18 bits per heavy atom. The first-order chi connectivity index (χ1) is 10.5. The van der Waals surface area contributed by atoms with Crippen LogP contribution in [-0.4, -0.2) is 18.7 Å². The average molecular weight is 360 g/mol. The molecule has 0 heterocycles. The van der Waals surface area contributed by atoms with Crippen molar-refractivity contribution in [3.8, 4) is 0 Å². The Morgan fingerprint density at radius 3 is 2.59 bits per heavy atom. The van der Waals surface area contributed by atoms with E-state index in [1.54, 1.807) is 6.21 Å². The first-order valence-electron chi connectivity index (χ1n) is 6.93. The van der Waals surface area contributed by atoms with Gasteiger partial charge in [-0.15, -0.1) is 0 Å². The molecule has 0 aromatic heterocycles. The number of nitrogens with zero attached hydrogens (tertiary/aromatic N) is 1. The van der Waals surface area contributed by atoms with Gasteiger partial charge in [0.15, 0.2) is 0 Å². The van der Waals surface area contributed by atoms with Crippen LogP contribution in [-0.2, 0) is 4.79 Å². The Hall–Kier alpha value is -2.14. The molecule has 0 bridgehead atoms. The third kappa shape index (κ3) is 5.00. The number of carbonyl (C=O) groups excluding carboxylic acids is 1. The van der Waals surface area contributed by atoms with Crippen LogP contribution in [0, 0.1) is 13.8 Å². The Balaban J connectivity index is 1.81. The number of benzene rings is 2. The molecule has 0 aliphatic heterocycles. The number of anilines is 1. The first-order valence-corrected chi connectivity index (χ1v) is 7.72. The maximum Gasteiger partial charge on any atom is 0.259 e. The van der Waals surface area contributed by atoms with Crippen LogP contribution < -0.4 is 10.7 Å². The van der Waals surface area contributed by atoms with Gasteiger partial charge in [0.1, 0.15) is 0 Å².